The van der Waals surface area contributed by atoms with Gasteiger partial charge >= 0.3 is 10.1 Å². The molecule has 0 bridgehead atoms. The molecule has 0 saturated carbocycles. The molecular formula is C26H30Cl2N5O7S-. The lowest BCUT2D eigenvalue weighted by molar-refractivity contribution is -0.402. The quantitative estimate of drug-likeness (QED) is 0.182. The average molecular weight is 628 g/mol. The van der Waals surface area contributed by atoms with Crippen LogP contribution in [-0.4, -0.2) is 52.8 Å². The van der Waals surface area contributed by atoms with Gasteiger partial charge in [-0.25, -0.2) is 9.99 Å². The number of unbranched alkanes of at least 4 members (excludes halogenated alkanes) is 1. The zero-order valence-electron chi connectivity index (χ0n) is 22.5. The lowest BCUT2D eigenvalue weighted by Gasteiger charge is -2.26. The number of carbonyl (C=O) groups excluding carboxylic acids is 1. The molecule has 1 aliphatic heterocycles. The molecule has 3 aromatic rings. The molecule has 0 spiro atoms. The lowest BCUT2D eigenvalue weighted by Crippen LogP contribution is -2.45. The zero-order valence-corrected chi connectivity index (χ0v) is 24.8. The molecule has 1 aliphatic rings. The highest BCUT2D eigenvalue weighted by atomic mass is 35.5. The van der Waals surface area contributed by atoms with Gasteiger partial charge in [0.1, 0.15) is 11.6 Å². The third-order valence-electron chi connectivity index (χ3n) is 6.18. The Morgan fingerprint density at radius 1 is 1.10 bits per heavy atom. The van der Waals surface area contributed by atoms with Crippen LogP contribution in [0.3, 0.4) is 0 Å². The van der Waals surface area contributed by atoms with Crippen LogP contribution in [0, 0.1) is 22.2 Å². The van der Waals surface area contributed by atoms with E-state index < -0.39 is 15.2 Å². The van der Waals surface area contributed by atoms with Crippen molar-refractivity contribution in [3.05, 3.63) is 79.2 Å². The fraction of sp³-hybridized carbons (Fsp3) is 0.385. The molecule has 2 aromatic carbocycles. The van der Waals surface area contributed by atoms with Crippen molar-refractivity contribution in [2.24, 2.45) is 0 Å². The second-order valence-corrected chi connectivity index (χ2v) is 11.8. The summed E-state index contributed by atoms with van der Waals surface area (Å²) in [5, 5.41) is 17.5. The number of amides is 1. The Labute approximate surface area is 248 Å². The van der Waals surface area contributed by atoms with Crippen molar-refractivity contribution in [2.45, 2.75) is 46.0 Å². The van der Waals surface area contributed by atoms with Crippen molar-refractivity contribution in [3.8, 4) is 22.8 Å². The Hall–Kier alpha value is -3.39. The van der Waals surface area contributed by atoms with Gasteiger partial charge in [0.2, 0.25) is 0 Å². The Morgan fingerprint density at radius 3 is 2.32 bits per heavy atom. The van der Waals surface area contributed by atoms with E-state index in [-0.39, 0.29) is 23.1 Å². The van der Waals surface area contributed by atoms with E-state index in [1.165, 1.54) is 0 Å². The number of halogens is 2. The molecule has 1 saturated heterocycles. The number of hydrazine groups is 1. The number of carbonyl (C=O) groups is 1. The molecule has 1 N–H and O–H groups in total. The third-order valence-corrected chi connectivity index (χ3v) is 7.96. The molecule has 41 heavy (non-hydrogen) atoms. The molecule has 1 aromatic heterocycles. The van der Waals surface area contributed by atoms with Crippen molar-refractivity contribution in [1.82, 2.24) is 20.0 Å². The largest absolute Gasteiger partial charge is 0.382 e. The summed E-state index contributed by atoms with van der Waals surface area (Å²) in [6.07, 6.45) is 4.50. The van der Waals surface area contributed by atoms with Gasteiger partial charge in [0.25, 0.3) is 5.91 Å². The van der Waals surface area contributed by atoms with Crippen molar-refractivity contribution < 1.29 is 22.5 Å². The summed E-state index contributed by atoms with van der Waals surface area (Å²) < 4.78 is 31.5. The van der Waals surface area contributed by atoms with Crippen LogP contribution in [0.1, 0.15) is 55.2 Å². The standard InChI is InChI=1S/C26H30Cl2N4O4S.NO3/c1-3-4-16-37(34,35)36-21-11-9-20(10-12-21)32-18(2)24(26(33)30-31-14-6-5-7-15-31)29-25(32)22-13-8-19(27)17-23(22)28;2-1(3)4/h8-13,17H,3-7,14-16H2,1-2H3,(H,30,33);/q;-1. The first-order chi connectivity index (χ1) is 19.4. The van der Waals surface area contributed by atoms with Crippen LogP contribution >= 0.6 is 23.2 Å². The molecule has 15 heteroatoms. The Kier molecular flexibility index (Phi) is 11.4. The number of hydrogen-bond donors (Lipinski definition) is 1. The fourth-order valence-electron chi connectivity index (χ4n) is 4.25. The van der Waals surface area contributed by atoms with E-state index in [0.29, 0.717) is 39.2 Å². The number of rotatable bonds is 9. The number of aromatic nitrogens is 2. The summed E-state index contributed by atoms with van der Waals surface area (Å²) in [6, 6.07) is 11.7. The first-order valence-corrected chi connectivity index (χ1v) is 15.2. The molecular weight excluding hydrogens is 597 g/mol. The van der Waals surface area contributed by atoms with E-state index >= 15 is 0 Å². The molecule has 1 fully saturated rings. The first kappa shape index (κ1) is 32.1. The zero-order chi connectivity index (χ0) is 30.2. The highest BCUT2D eigenvalue weighted by Crippen LogP contribution is 2.33. The van der Waals surface area contributed by atoms with Crippen LogP contribution in [0.2, 0.25) is 10.0 Å². The highest BCUT2D eigenvalue weighted by Gasteiger charge is 2.25. The van der Waals surface area contributed by atoms with Gasteiger partial charge in [-0.3, -0.25) is 14.8 Å². The predicted octanol–water partition coefficient (Wildman–Crippen LogP) is 5.55. The smallest absolute Gasteiger partial charge is 0.309 e. The summed E-state index contributed by atoms with van der Waals surface area (Å²) in [7, 11) is -3.67. The molecule has 0 aliphatic carbocycles. The van der Waals surface area contributed by atoms with Crippen LogP contribution < -0.4 is 9.61 Å². The van der Waals surface area contributed by atoms with Gasteiger partial charge < -0.3 is 19.5 Å². The number of nitrogens with zero attached hydrogens (tertiary/aromatic N) is 4. The maximum absolute atomic E-state index is 13.2. The number of piperidine rings is 1. The number of benzene rings is 2. The van der Waals surface area contributed by atoms with E-state index in [9.17, 15) is 13.2 Å². The number of hydrogen-bond acceptors (Lipinski definition) is 9. The Morgan fingerprint density at radius 2 is 1.73 bits per heavy atom. The fourth-order valence-corrected chi connectivity index (χ4v) is 5.87. The molecule has 12 nitrogen and oxygen atoms in total. The monoisotopic (exact) mass is 626 g/mol. The molecule has 2 heterocycles. The van der Waals surface area contributed by atoms with Crippen LogP contribution in [0.25, 0.3) is 17.1 Å². The van der Waals surface area contributed by atoms with Gasteiger partial charge in [-0.15, -0.1) is 0 Å². The van der Waals surface area contributed by atoms with Crippen molar-refractivity contribution in [1.29, 1.82) is 0 Å². The predicted molar refractivity (Wildman–Crippen MR) is 156 cm³/mol. The van der Waals surface area contributed by atoms with Crippen molar-refractivity contribution >= 4 is 39.2 Å². The van der Waals surface area contributed by atoms with Crippen LogP contribution in [0.15, 0.2) is 42.5 Å². The molecule has 1 amide bonds. The SMILES string of the molecule is CCCCS(=O)(=O)Oc1ccc(-n2c(-c3ccc(Cl)cc3Cl)nc(C(=O)NN3CCCCC3)c2C)cc1.O=[N+]([O-])[O-]. The molecule has 0 unspecified atom stereocenters. The van der Waals surface area contributed by atoms with Crippen LogP contribution in [0.4, 0.5) is 0 Å². The van der Waals surface area contributed by atoms with Gasteiger partial charge in [-0.1, -0.05) is 43.0 Å². The van der Waals surface area contributed by atoms with E-state index in [4.69, 9.17) is 47.7 Å². The summed E-state index contributed by atoms with van der Waals surface area (Å²) in [6.45, 7) is 5.32. The number of imidazole rings is 1. The van der Waals surface area contributed by atoms with Crippen molar-refractivity contribution in [3.63, 3.8) is 0 Å². The minimum atomic E-state index is -3.67. The van der Waals surface area contributed by atoms with Gasteiger partial charge in [-0.05, 0) is 68.7 Å². The number of nitrogens with one attached hydrogen (secondary N) is 1. The minimum Gasteiger partial charge on any atom is -0.382 e. The molecule has 222 valence electrons. The van der Waals surface area contributed by atoms with E-state index in [1.807, 2.05) is 23.4 Å². The average Bonchev–Trinajstić information content (AvgIpc) is 3.25. The van der Waals surface area contributed by atoms with Gasteiger partial charge in [0.05, 0.1) is 21.6 Å². The molecule has 0 atom stereocenters. The second kappa shape index (κ2) is 14.5. The van der Waals surface area contributed by atoms with Gasteiger partial charge in [0.15, 0.2) is 5.69 Å². The van der Waals surface area contributed by atoms with Gasteiger partial charge in [0, 0.05) is 29.4 Å². The summed E-state index contributed by atoms with van der Waals surface area (Å²) in [5.41, 5.74) is 5.13. The van der Waals surface area contributed by atoms with Crippen molar-refractivity contribution in [2.75, 3.05) is 18.8 Å². The third kappa shape index (κ3) is 9.05. The lowest BCUT2D eigenvalue weighted by atomic mass is 10.2. The highest BCUT2D eigenvalue weighted by molar-refractivity contribution is 7.87. The maximum Gasteiger partial charge on any atom is 0.309 e. The normalized spacial score (nSPS) is 13.7. The Bertz CT molecular complexity index is 1470. The van der Waals surface area contributed by atoms with E-state index in [1.54, 1.807) is 42.5 Å². The van der Waals surface area contributed by atoms with Crippen LogP contribution in [0.5, 0.6) is 5.75 Å². The minimum absolute atomic E-state index is 0.0411. The Balaban J connectivity index is 0.00000108. The maximum atomic E-state index is 13.2. The summed E-state index contributed by atoms with van der Waals surface area (Å²) in [4.78, 5) is 26.2. The second-order valence-electron chi connectivity index (χ2n) is 9.23. The van der Waals surface area contributed by atoms with E-state index in [2.05, 4.69) is 5.43 Å². The summed E-state index contributed by atoms with van der Waals surface area (Å²) in [5.74, 6) is 0.339. The van der Waals surface area contributed by atoms with Crippen LogP contribution in [-0.2, 0) is 10.1 Å². The first-order valence-electron chi connectivity index (χ1n) is 12.9. The van der Waals surface area contributed by atoms with E-state index in [0.717, 1.165) is 38.8 Å². The topological polar surface area (TPSA) is 160 Å². The van der Waals surface area contributed by atoms with Gasteiger partial charge in [-0.2, -0.15) is 8.42 Å². The molecule has 0 radical (unpaired) electrons. The molecule has 4 rings (SSSR count). The summed E-state index contributed by atoms with van der Waals surface area (Å²) >= 11 is 12.6.